The van der Waals surface area contributed by atoms with E-state index in [2.05, 4.69) is 0 Å². The summed E-state index contributed by atoms with van der Waals surface area (Å²) >= 11 is 5.28. The predicted molar refractivity (Wildman–Crippen MR) is 28.7 cm³/mol. The topological polar surface area (TPSA) is 23.9 Å². The Bertz CT molecular complexity index is 36.5. The molecule has 2 heteroatoms. The smallest absolute Gasteiger partial charge is 0.0226 e. The van der Waals surface area contributed by atoms with Crippen LogP contribution in [0.4, 0.5) is 0 Å². The first-order valence-corrected chi connectivity index (χ1v) is 2.50. The first-order chi connectivity index (χ1) is 2.91. The number of nitrogens with one attached hydrogen (secondary N) is 1. The van der Waals surface area contributed by atoms with Gasteiger partial charge in [0, 0.05) is 5.88 Å². The molecule has 0 rings (SSSR count). The van der Waals surface area contributed by atoms with Crippen molar-refractivity contribution in [1.29, 1.82) is 5.41 Å². The summed E-state index contributed by atoms with van der Waals surface area (Å²) in [7, 11) is 0. The number of halogens is 1. The molecule has 36 valence electrons. The van der Waals surface area contributed by atoms with Crippen LogP contribution >= 0.6 is 11.6 Å². The van der Waals surface area contributed by atoms with E-state index in [0.29, 0.717) is 5.88 Å². The zero-order chi connectivity index (χ0) is 4.83. The zero-order valence-electron chi connectivity index (χ0n) is 3.58. The van der Waals surface area contributed by atoms with Crippen molar-refractivity contribution in [2.75, 3.05) is 5.88 Å². The first-order valence-electron chi connectivity index (χ1n) is 1.96. The van der Waals surface area contributed by atoms with Crippen molar-refractivity contribution in [2.45, 2.75) is 12.8 Å². The summed E-state index contributed by atoms with van der Waals surface area (Å²) in [4.78, 5) is 0. The van der Waals surface area contributed by atoms with Crippen LogP contribution in [0.25, 0.3) is 0 Å². The number of hydrogen-bond donors (Lipinski definition) is 1. The third-order valence-corrected chi connectivity index (χ3v) is 0.749. The molecule has 0 heterocycles. The molecule has 0 radical (unpaired) electrons. The summed E-state index contributed by atoms with van der Waals surface area (Å²) in [5.41, 5.74) is 0. The number of hydrogen-bond acceptors (Lipinski definition) is 1. The fourth-order valence-corrected chi connectivity index (χ4v) is 0.334. The highest BCUT2D eigenvalue weighted by Crippen LogP contribution is 1.85. The number of rotatable bonds is 3. The third kappa shape index (κ3) is 3.96. The summed E-state index contributed by atoms with van der Waals surface area (Å²) in [5, 5.41) is 6.52. The number of unbranched alkanes of at least 4 members (excludes halogenated alkanes) is 1. The van der Waals surface area contributed by atoms with E-state index in [1.54, 1.807) is 0 Å². The van der Waals surface area contributed by atoms with Gasteiger partial charge in [-0.15, -0.1) is 11.6 Å². The summed E-state index contributed by atoms with van der Waals surface area (Å²) in [6.45, 7) is 0. The van der Waals surface area contributed by atoms with Crippen molar-refractivity contribution in [3.05, 3.63) is 0 Å². The summed E-state index contributed by atoms with van der Waals surface area (Å²) in [6.07, 6.45) is 3.14. The van der Waals surface area contributed by atoms with E-state index in [0.717, 1.165) is 12.8 Å². The van der Waals surface area contributed by atoms with Crippen LogP contribution in [0.5, 0.6) is 0 Å². The fourth-order valence-electron chi connectivity index (χ4n) is 0.179. The Morgan fingerprint density at radius 2 is 2.33 bits per heavy atom. The van der Waals surface area contributed by atoms with E-state index in [4.69, 9.17) is 17.0 Å². The Labute approximate surface area is 42.8 Å². The lowest BCUT2D eigenvalue weighted by atomic mass is 10.4. The van der Waals surface area contributed by atoms with E-state index < -0.39 is 0 Å². The van der Waals surface area contributed by atoms with Gasteiger partial charge in [-0.25, -0.2) is 0 Å². The highest BCUT2D eigenvalue weighted by molar-refractivity contribution is 6.17. The van der Waals surface area contributed by atoms with Gasteiger partial charge in [0.25, 0.3) is 0 Å². The molecule has 0 aromatic rings. The van der Waals surface area contributed by atoms with Crippen LogP contribution in [0.1, 0.15) is 12.8 Å². The Morgan fingerprint density at radius 3 is 2.50 bits per heavy atom. The molecule has 0 atom stereocenters. The van der Waals surface area contributed by atoms with E-state index in [1.165, 1.54) is 6.21 Å². The van der Waals surface area contributed by atoms with Crippen LogP contribution in [-0.4, -0.2) is 12.1 Å². The van der Waals surface area contributed by atoms with Gasteiger partial charge in [-0.2, -0.15) is 0 Å². The second-order valence-electron chi connectivity index (χ2n) is 1.04. The monoisotopic (exact) mass is 105 g/mol. The molecule has 0 spiro atoms. The number of alkyl halides is 1. The first kappa shape index (κ1) is 5.96. The van der Waals surface area contributed by atoms with Gasteiger partial charge in [0.15, 0.2) is 0 Å². The van der Waals surface area contributed by atoms with E-state index in [-0.39, 0.29) is 0 Å². The molecule has 1 N–H and O–H groups in total. The van der Waals surface area contributed by atoms with Crippen LogP contribution in [0.15, 0.2) is 0 Å². The van der Waals surface area contributed by atoms with Crippen molar-refractivity contribution in [2.24, 2.45) is 0 Å². The lowest BCUT2D eigenvalue weighted by Gasteiger charge is -1.79. The average Bonchev–Trinajstić information content (AvgIpc) is 1.61. The minimum absolute atomic E-state index is 0.676. The molecule has 0 aromatic carbocycles. The fraction of sp³-hybridized carbons (Fsp3) is 0.750. The van der Waals surface area contributed by atoms with Crippen LogP contribution < -0.4 is 0 Å². The second kappa shape index (κ2) is 4.96. The Balaban J connectivity index is 2.49. The van der Waals surface area contributed by atoms with Crippen LogP contribution in [-0.2, 0) is 0 Å². The highest BCUT2D eigenvalue weighted by atomic mass is 35.5. The minimum Gasteiger partial charge on any atom is -0.313 e. The molecule has 0 saturated carbocycles. The van der Waals surface area contributed by atoms with Crippen molar-refractivity contribution < 1.29 is 0 Å². The minimum atomic E-state index is 0.676. The molecular weight excluding hydrogens is 97.5 g/mol. The van der Waals surface area contributed by atoms with E-state index in [1.807, 2.05) is 0 Å². The highest BCUT2D eigenvalue weighted by Gasteiger charge is 1.74. The summed E-state index contributed by atoms with van der Waals surface area (Å²) in [6, 6.07) is 0. The molecule has 0 amide bonds. The van der Waals surface area contributed by atoms with Gasteiger partial charge in [-0.3, -0.25) is 0 Å². The molecule has 0 aliphatic rings. The standard InChI is InChI=1S/C4H8ClN/c5-3-1-2-4-6/h4,6H,1-3H2. The molecule has 0 bridgehead atoms. The van der Waals surface area contributed by atoms with Crippen molar-refractivity contribution >= 4 is 17.8 Å². The maximum absolute atomic E-state index is 6.52. The van der Waals surface area contributed by atoms with Gasteiger partial charge in [0.05, 0.1) is 0 Å². The van der Waals surface area contributed by atoms with Crippen LogP contribution in [0.2, 0.25) is 0 Å². The molecular formula is C4H8ClN. The van der Waals surface area contributed by atoms with Crippen LogP contribution in [0, 0.1) is 5.41 Å². The lowest BCUT2D eigenvalue weighted by molar-refractivity contribution is 1.01. The van der Waals surface area contributed by atoms with Gasteiger partial charge >= 0.3 is 0 Å². The Kier molecular flexibility index (Phi) is 4.93. The van der Waals surface area contributed by atoms with Gasteiger partial charge in [-0.05, 0) is 19.1 Å². The van der Waals surface area contributed by atoms with Crippen LogP contribution in [0.3, 0.4) is 0 Å². The average molecular weight is 106 g/mol. The van der Waals surface area contributed by atoms with Gasteiger partial charge in [0.1, 0.15) is 0 Å². The third-order valence-electron chi connectivity index (χ3n) is 0.482. The molecule has 1 nitrogen and oxygen atoms in total. The van der Waals surface area contributed by atoms with Crippen molar-refractivity contribution in [1.82, 2.24) is 0 Å². The molecule has 0 fully saturated rings. The molecule has 0 saturated heterocycles. The second-order valence-corrected chi connectivity index (χ2v) is 1.41. The predicted octanol–water partition coefficient (Wildman–Crippen LogP) is 1.65. The van der Waals surface area contributed by atoms with Crippen molar-refractivity contribution in [3.8, 4) is 0 Å². The molecule has 0 unspecified atom stereocenters. The van der Waals surface area contributed by atoms with Gasteiger partial charge in [-0.1, -0.05) is 0 Å². The summed E-state index contributed by atoms with van der Waals surface area (Å²) in [5.74, 6) is 0.676. The normalized spacial score (nSPS) is 8.17. The van der Waals surface area contributed by atoms with E-state index in [9.17, 15) is 0 Å². The van der Waals surface area contributed by atoms with Crippen molar-refractivity contribution in [3.63, 3.8) is 0 Å². The zero-order valence-corrected chi connectivity index (χ0v) is 4.33. The SMILES string of the molecule is N=CCCCCl. The lowest BCUT2D eigenvalue weighted by Crippen LogP contribution is -1.73. The largest absolute Gasteiger partial charge is 0.313 e. The summed E-state index contributed by atoms with van der Waals surface area (Å²) < 4.78 is 0. The molecule has 0 aliphatic carbocycles. The maximum Gasteiger partial charge on any atom is 0.0226 e. The molecule has 0 aromatic heterocycles. The van der Waals surface area contributed by atoms with Gasteiger partial charge in [0.2, 0.25) is 0 Å². The molecule has 6 heavy (non-hydrogen) atoms. The maximum atomic E-state index is 6.52. The van der Waals surface area contributed by atoms with Gasteiger partial charge < -0.3 is 5.41 Å². The van der Waals surface area contributed by atoms with E-state index >= 15 is 0 Å². The molecule has 0 aliphatic heterocycles. The quantitative estimate of drug-likeness (QED) is 0.321. The Morgan fingerprint density at radius 1 is 1.67 bits per heavy atom. The Hall–Kier alpha value is -0.0400.